The van der Waals surface area contributed by atoms with Gasteiger partial charge in [-0.2, -0.15) is 11.8 Å². The van der Waals surface area contributed by atoms with Crippen molar-refractivity contribution >= 4 is 11.8 Å². The van der Waals surface area contributed by atoms with Crippen molar-refractivity contribution in [3.63, 3.8) is 0 Å². The molecule has 3 heteroatoms. The third-order valence-electron chi connectivity index (χ3n) is 4.21. The molecule has 1 heterocycles. The molecule has 0 unspecified atom stereocenters. The zero-order valence-corrected chi connectivity index (χ0v) is 13.9. The van der Waals surface area contributed by atoms with Gasteiger partial charge < -0.3 is 5.32 Å². The lowest BCUT2D eigenvalue weighted by atomic mass is 9.96. The maximum Gasteiger partial charge on any atom is 0.0393 e. The molecule has 0 saturated heterocycles. The van der Waals surface area contributed by atoms with Crippen molar-refractivity contribution in [3.05, 3.63) is 29.6 Å². The van der Waals surface area contributed by atoms with Gasteiger partial charge >= 0.3 is 0 Å². The van der Waals surface area contributed by atoms with Crippen LogP contribution in [0.4, 0.5) is 0 Å². The minimum atomic E-state index is 0.00776. The van der Waals surface area contributed by atoms with E-state index >= 15 is 0 Å². The molecular formula is C17H28N2S. The van der Waals surface area contributed by atoms with Gasteiger partial charge in [-0.05, 0) is 45.2 Å². The van der Waals surface area contributed by atoms with Crippen LogP contribution in [-0.4, -0.2) is 22.5 Å². The molecule has 2 rings (SSSR count). The summed E-state index contributed by atoms with van der Waals surface area (Å²) in [5.41, 5.74) is 2.36. The van der Waals surface area contributed by atoms with E-state index in [1.807, 2.05) is 13.1 Å². The van der Waals surface area contributed by atoms with Crippen LogP contribution in [0.5, 0.6) is 0 Å². The van der Waals surface area contributed by atoms with E-state index in [-0.39, 0.29) is 5.54 Å². The van der Waals surface area contributed by atoms with Crippen LogP contribution >= 0.6 is 11.8 Å². The summed E-state index contributed by atoms with van der Waals surface area (Å²) in [7, 11) is 0. The fraction of sp³-hybridized carbons (Fsp3) is 0.706. The summed E-state index contributed by atoms with van der Waals surface area (Å²) in [6.07, 6.45) is 9.17. The zero-order valence-electron chi connectivity index (χ0n) is 13.1. The Hall–Kier alpha value is -0.540. The number of hydrogen-bond donors (Lipinski definition) is 1. The van der Waals surface area contributed by atoms with E-state index in [1.54, 1.807) is 0 Å². The fourth-order valence-electron chi connectivity index (χ4n) is 2.76. The van der Waals surface area contributed by atoms with Gasteiger partial charge in [-0.25, -0.2) is 0 Å². The molecule has 1 aromatic heterocycles. The van der Waals surface area contributed by atoms with Crippen LogP contribution in [0.2, 0.25) is 0 Å². The van der Waals surface area contributed by atoms with Crippen LogP contribution < -0.4 is 5.32 Å². The first-order chi connectivity index (χ1) is 9.58. The summed E-state index contributed by atoms with van der Waals surface area (Å²) in [4.78, 5) is 4.40. The molecule has 1 N–H and O–H groups in total. The van der Waals surface area contributed by atoms with Crippen molar-refractivity contribution in [2.24, 2.45) is 0 Å². The number of rotatable bonds is 6. The second-order valence-electron chi connectivity index (χ2n) is 6.37. The summed E-state index contributed by atoms with van der Waals surface area (Å²) < 4.78 is 0. The molecule has 0 aromatic carbocycles. The maximum atomic E-state index is 4.40. The molecule has 2 nitrogen and oxygen atoms in total. The monoisotopic (exact) mass is 292 g/mol. The number of nitrogens with one attached hydrogen (secondary N) is 1. The minimum absolute atomic E-state index is 0.00776. The van der Waals surface area contributed by atoms with E-state index in [4.69, 9.17) is 0 Å². The second kappa shape index (κ2) is 7.46. The zero-order chi connectivity index (χ0) is 14.4. The smallest absolute Gasteiger partial charge is 0.0393 e. The third kappa shape index (κ3) is 4.78. The standard InChI is InChI=1S/C17H28N2S/c1-14-9-10-15(13-18-14)17(2,3)19-11-12-20-16-7-5-4-6-8-16/h9-10,13,16,19H,4-8,11-12H2,1-3H3. The molecule has 0 bridgehead atoms. The van der Waals surface area contributed by atoms with Gasteiger partial charge in [0.1, 0.15) is 0 Å². The van der Waals surface area contributed by atoms with Gasteiger partial charge in [0.2, 0.25) is 0 Å². The molecule has 0 spiro atoms. The molecule has 1 aliphatic rings. The van der Waals surface area contributed by atoms with E-state index in [0.717, 1.165) is 17.5 Å². The average Bonchev–Trinajstić information content (AvgIpc) is 2.45. The van der Waals surface area contributed by atoms with E-state index < -0.39 is 0 Å². The van der Waals surface area contributed by atoms with Crippen LogP contribution in [0, 0.1) is 6.92 Å². The number of aromatic nitrogens is 1. The molecule has 1 aromatic rings. The van der Waals surface area contributed by atoms with Crippen LogP contribution in [0.15, 0.2) is 18.3 Å². The van der Waals surface area contributed by atoms with E-state index in [2.05, 4.69) is 48.0 Å². The van der Waals surface area contributed by atoms with E-state index in [9.17, 15) is 0 Å². The van der Waals surface area contributed by atoms with Crippen molar-refractivity contribution in [1.82, 2.24) is 10.3 Å². The number of aryl methyl sites for hydroxylation is 1. The number of pyridine rings is 1. The maximum absolute atomic E-state index is 4.40. The summed E-state index contributed by atoms with van der Waals surface area (Å²) in [5, 5.41) is 4.59. The summed E-state index contributed by atoms with van der Waals surface area (Å²) in [6.45, 7) is 7.59. The number of thioether (sulfide) groups is 1. The molecule has 20 heavy (non-hydrogen) atoms. The molecule has 0 radical (unpaired) electrons. The Morgan fingerprint density at radius 3 is 2.65 bits per heavy atom. The number of nitrogens with zero attached hydrogens (tertiary/aromatic N) is 1. The third-order valence-corrected chi connectivity index (χ3v) is 5.59. The Bertz CT molecular complexity index is 394. The Labute approximate surface area is 128 Å². The highest BCUT2D eigenvalue weighted by Crippen LogP contribution is 2.28. The highest BCUT2D eigenvalue weighted by Gasteiger charge is 2.20. The first-order valence-electron chi connectivity index (χ1n) is 7.88. The lowest BCUT2D eigenvalue weighted by Gasteiger charge is -2.27. The molecular weight excluding hydrogens is 264 g/mol. The van der Waals surface area contributed by atoms with Gasteiger partial charge in [0.05, 0.1) is 0 Å². The largest absolute Gasteiger partial charge is 0.307 e. The van der Waals surface area contributed by atoms with Crippen LogP contribution in [-0.2, 0) is 5.54 Å². The first kappa shape index (κ1) is 15.8. The normalized spacial score (nSPS) is 17.4. The van der Waals surface area contributed by atoms with Gasteiger partial charge in [0, 0.05) is 35.0 Å². The minimum Gasteiger partial charge on any atom is -0.307 e. The first-order valence-corrected chi connectivity index (χ1v) is 8.92. The summed E-state index contributed by atoms with van der Waals surface area (Å²) in [5.74, 6) is 1.22. The topological polar surface area (TPSA) is 24.9 Å². The molecule has 1 aliphatic carbocycles. The summed E-state index contributed by atoms with van der Waals surface area (Å²) >= 11 is 2.16. The SMILES string of the molecule is Cc1ccc(C(C)(C)NCCSC2CCCCC2)cn1. The Kier molecular flexibility index (Phi) is 5.91. The van der Waals surface area contributed by atoms with Gasteiger partial charge in [0.15, 0.2) is 0 Å². The molecule has 112 valence electrons. The van der Waals surface area contributed by atoms with Crippen molar-refractivity contribution < 1.29 is 0 Å². The highest BCUT2D eigenvalue weighted by atomic mass is 32.2. The van der Waals surface area contributed by atoms with Gasteiger partial charge in [-0.3, -0.25) is 4.98 Å². The van der Waals surface area contributed by atoms with Crippen LogP contribution in [0.1, 0.15) is 57.2 Å². The lowest BCUT2D eigenvalue weighted by molar-refractivity contribution is 0.415. The van der Waals surface area contributed by atoms with E-state index in [0.29, 0.717) is 0 Å². The van der Waals surface area contributed by atoms with Crippen molar-refractivity contribution in [3.8, 4) is 0 Å². The molecule has 1 fully saturated rings. The van der Waals surface area contributed by atoms with Crippen LogP contribution in [0.25, 0.3) is 0 Å². The molecule has 1 saturated carbocycles. The van der Waals surface area contributed by atoms with Gasteiger partial charge in [-0.15, -0.1) is 0 Å². The van der Waals surface area contributed by atoms with Gasteiger partial charge in [-0.1, -0.05) is 25.3 Å². The molecule has 0 atom stereocenters. The second-order valence-corrected chi connectivity index (χ2v) is 7.78. The Balaban J connectivity index is 1.73. The van der Waals surface area contributed by atoms with Crippen molar-refractivity contribution in [2.75, 3.05) is 12.3 Å². The fourth-order valence-corrected chi connectivity index (χ4v) is 3.98. The van der Waals surface area contributed by atoms with E-state index in [1.165, 1.54) is 43.4 Å². The molecule has 0 amide bonds. The van der Waals surface area contributed by atoms with Gasteiger partial charge in [0.25, 0.3) is 0 Å². The van der Waals surface area contributed by atoms with Crippen molar-refractivity contribution in [2.45, 2.75) is 63.7 Å². The highest BCUT2D eigenvalue weighted by molar-refractivity contribution is 7.99. The predicted octanol–water partition coefficient (Wildman–Crippen LogP) is 4.28. The summed E-state index contributed by atoms with van der Waals surface area (Å²) in [6, 6.07) is 4.28. The molecule has 0 aliphatic heterocycles. The quantitative estimate of drug-likeness (QED) is 0.792. The van der Waals surface area contributed by atoms with Crippen molar-refractivity contribution in [1.29, 1.82) is 0 Å². The Morgan fingerprint density at radius 1 is 1.25 bits per heavy atom. The predicted molar refractivity (Wildman–Crippen MR) is 89.3 cm³/mol. The number of hydrogen-bond acceptors (Lipinski definition) is 3. The Morgan fingerprint density at radius 2 is 2.00 bits per heavy atom. The average molecular weight is 292 g/mol. The lowest BCUT2D eigenvalue weighted by Crippen LogP contribution is -2.38. The van der Waals surface area contributed by atoms with Crippen LogP contribution in [0.3, 0.4) is 0 Å².